The van der Waals surface area contributed by atoms with Gasteiger partial charge in [-0.25, -0.2) is 9.97 Å². The number of imidazole rings is 1. The highest BCUT2D eigenvalue weighted by molar-refractivity contribution is 5.99. The molecule has 5 aromatic rings. The van der Waals surface area contributed by atoms with Gasteiger partial charge >= 0.3 is 0 Å². The number of amides is 1. The number of alkyl halides is 1. The third kappa shape index (κ3) is 4.83. The molecule has 0 radical (unpaired) electrons. The highest BCUT2D eigenvalue weighted by Gasteiger charge is 2.29. The van der Waals surface area contributed by atoms with Crippen molar-refractivity contribution >= 4 is 28.0 Å². The Bertz CT molecular complexity index is 1740. The quantitative estimate of drug-likeness (QED) is 0.233. The van der Waals surface area contributed by atoms with Crippen molar-refractivity contribution in [1.29, 1.82) is 0 Å². The summed E-state index contributed by atoms with van der Waals surface area (Å²) in [5.41, 5.74) is 6.07. The van der Waals surface area contributed by atoms with E-state index in [0.717, 1.165) is 58.0 Å². The van der Waals surface area contributed by atoms with E-state index < -0.39 is 6.67 Å². The second kappa shape index (κ2) is 10.6. The molecule has 8 nitrogen and oxygen atoms in total. The molecule has 41 heavy (non-hydrogen) atoms. The number of pyridine rings is 2. The van der Waals surface area contributed by atoms with E-state index >= 15 is 0 Å². The van der Waals surface area contributed by atoms with Crippen molar-refractivity contribution in [2.45, 2.75) is 38.6 Å². The predicted molar refractivity (Wildman–Crippen MR) is 156 cm³/mol. The van der Waals surface area contributed by atoms with Gasteiger partial charge in [0.25, 0.3) is 5.91 Å². The molecule has 9 heteroatoms. The average molecular weight is 553 g/mol. The van der Waals surface area contributed by atoms with E-state index in [0.29, 0.717) is 49.5 Å². The van der Waals surface area contributed by atoms with Crippen LogP contribution in [0.3, 0.4) is 0 Å². The van der Waals surface area contributed by atoms with Crippen LogP contribution >= 0.6 is 0 Å². The molecule has 2 aliphatic rings. The van der Waals surface area contributed by atoms with Gasteiger partial charge in [0.1, 0.15) is 11.3 Å². The monoisotopic (exact) mass is 552 g/mol. The fourth-order valence-electron chi connectivity index (χ4n) is 5.90. The first kappa shape index (κ1) is 25.7. The normalized spacial score (nSPS) is 15.2. The zero-order valence-corrected chi connectivity index (χ0v) is 23.2. The number of ether oxygens (including phenoxy) is 1. The van der Waals surface area contributed by atoms with Crippen LogP contribution in [0, 0.1) is 5.92 Å². The Morgan fingerprint density at radius 1 is 1.12 bits per heavy atom. The van der Waals surface area contributed by atoms with E-state index in [1.165, 1.54) is 12.8 Å². The highest BCUT2D eigenvalue weighted by Crippen LogP contribution is 2.39. The number of benzene rings is 1. The van der Waals surface area contributed by atoms with Gasteiger partial charge < -0.3 is 18.8 Å². The van der Waals surface area contributed by atoms with E-state index in [9.17, 15) is 9.18 Å². The minimum Gasteiger partial charge on any atom is -0.491 e. The maximum Gasteiger partial charge on any atom is 0.255 e. The van der Waals surface area contributed by atoms with E-state index in [4.69, 9.17) is 14.7 Å². The molecule has 5 heterocycles. The molecule has 1 aliphatic carbocycles. The van der Waals surface area contributed by atoms with Crippen LogP contribution in [0.4, 0.5) is 4.39 Å². The first-order chi connectivity index (χ1) is 20.1. The summed E-state index contributed by atoms with van der Waals surface area (Å²) in [6, 6.07) is 14.3. The Kier molecular flexibility index (Phi) is 6.65. The Labute approximate surface area is 237 Å². The lowest BCUT2D eigenvalue weighted by Crippen LogP contribution is -2.38. The van der Waals surface area contributed by atoms with Gasteiger partial charge in [-0.3, -0.25) is 14.2 Å². The Morgan fingerprint density at radius 3 is 2.83 bits per heavy atom. The number of hydrogen-bond donors (Lipinski definition) is 0. The molecule has 0 N–H and O–H groups in total. The van der Waals surface area contributed by atoms with Crippen LogP contribution in [0.25, 0.3) is 33.6 Å². The number of nitrogens with zero attached hydrogens (tertiary/aromatic N) is 6. The first-order valence-corrected chi connectivity index (χ1v) is 14.5. The summed E-state index contributed by atoms with van der Waals surface area (Å²) in [6.07, 6.45) is 7.90. The lowest BCUT2D eigenvalue weighted by atomic mass is 10.0. The summed E-state index contributed by atoms with van der Waals surface area (Å²) in [4.78, 5) is 29.0. The summed E-state index contributed by atoms with van der Waals surface area (Å²) in [7, 11) is 1.99. The number of carbonyl (C=O) groups excluding carboxylic acids is 1. The summed E-state index contributed by atoms with van der Waals surface area (Å²) >= 11 is 0. The molecule has 1 amide bonds. The molecule has 1 aliphatic heterocycles. The largest absolute Gasteiger partial charge is 0.491 e. The van der Waals surface area contributed by atoms with Crippen LogP contribution in [0.15, 0.2) is 54.9 Å². The number of para-hydroxylation sites is 1. The molecular formula is C32H33FN6O2. The van der Waals surface area contributed by atoms with Crippen LogP contribution in [-0.2, 0) is 26.4 Å². The number of halogens is 1. The molecule has 0 unspecified atom stereocenters. The minimum absolute atomic E-state index is 0.0859. The van der Waals surface area contributed by atoms with Gasteiger partial charge in [0.2, 0.25) is 0 Å². The number of carbonyl (C=O) groups is 1. The summed E-state index contributed by atoms with van der Waals surface area (Å²) in [5.74, 6) is 2.23. The van der Waals surface area contributed by atoms with Crippen molar-refractivity contribution in [3.8, 4) is 17.3 Å². The van der Waals surface area contributed by atoms with Crippen LogP contribution in [-0.4, -0.2) is 61.3 Å². The highest BCUT2D eigenvalue weighted by atomic mass is 19.1. The lowest BCUT2D eigenvalue weighted by molar-refractivity contribution is 0.0733. The molecule has 0 saturated heterocycles. The maximum absolute atomic E-state index is 13.1. The van der Waals surface area contributed by atoms with Crippen LogP contribution < -0.4 is 4.74 Å². The lowest BCUT2D eigenvalue weighted by Gasteiger charge is -2.27. The van der Waals surface area contributed by atoms with Crippen molar-refractivity contribution in [1.82, 2.24) is 29.0 Å². The van der Waals surface area contributed by atoms with Gasteiger partial charge in [-0.1, -0.05) is 18.2 Å². The summed E-state index contributed by atoms with van der Waals surface area (Å²) in [6.45, 7) is 2.02. The molecule has 0 spiro atoms. The SMILES string of the molecule is Cn1c(-c2cc3cccc(OCCc4cccnc4)c3n2CC2CC2)nc2cc3c(nc21)CCN(CCCF)C3=O. The number of fused-ring (bicyclic) bond motifs is 3. The van der Waals surface area contributed by atoms with Gasteiger partial charge in [0.15, 0.2) is 11.5 Å². The maximum atomic E-state index is 13.1. The predicted octanol–water partition coefficient (Wildman–Crippen LogP) is 5.37. The average Bonchev–Trinajstić information content (AvgIpc) is 3.66. The molecule has 7 rings (SSSR count). The number of hydrogen-bond acceptors (Lipinski definition) is 5. The standard InChI is InChI=1S/C32H33FN6O2/c1-37-30-26(18-24-25(35-30)10-15-38(32(24)40)14-4-12-33)36-31(37)27-17-23-6-2-7-28(29(23)39(27)20-22-8-9-22)41-16-11-21-5-3-13-34-19-21/h2-3,5-7,13,17-19,22H,4,8-12,14-16,20H2,1H3. The van der Waals surface area contributed by atoms with E-state index in [2.05, 4.69) is 27.8 Å². The van der Waals surface area contributed by atoms with Crippen LogP contribution in [0.2, 0.25) is 0 Å². The van der Waals surface area contributed by atoms with Gasteiger partial charge in [-0.15, -0.1) is 0 Å². The van der Waals surface area contributed by atoms with Crippen molar-refractivity contribution < 1.29 is 13.9 Å². The Hall–Kier alpha value is -4.27. The molecule has 0 atom stereocenters. The summed E-state index contributed by atoms with van der Waals surface area (Å²) in [5, 5.41) is 1.11. The zero-order valence-electron chi connectivity index (χ0n) is 23.2. The smallest absolute Gasteiger partial charge is 0.255 e. The van der Waals surface area contributed by atoms with E-state index in [-0.39, 0.29) is 5.91 Å². The number of aryl methyl sites for hydroxylation is 1. The van der Waals surface area contributed by atoms with Gasteiger partial charge in [0, 0.05) is 57.3 Å². The molecule has 1 saturated carbocycles. The molecule has 210 valence electrons. The molecule has 1 fully saturated rings. The van der Waals surface area contributed by atoms with E-state index in [1.807, 2.05) is 42.1 Å². The van der Waals surface area contributed by atoms with Crippen molar-refractivity contribution in [3.63, 3.8) is 0 Å². The van der Waals surface area contributed by atoms with Crippen molar-refractivity contribution in [2.75, 3.05) is 26.4 Å². The van der Waals surface area contributed by atoms with E-state index in [1.54, 1.807) is 11.1 Å². The molecule has 4 aromatic heterocycles. The van der Waals surface area contributed by atoms with Gasteiger partial charge in [-0.2, -0.15) is 0 Å². The van der Waals surface area contributed by atoms with Crippen LogP contribution in [0.5, 0.6) is 5.75 Å². The number of rotatable bonds is 10. The fourth-order valence-corrected chi connectivity index (χ4v) is 5.90. The van der Waals surface area contributed by atoms with Gasteiger partial charge in [-0.05, 0) is 55.0 Å². The Balaban J connectivity index is 1.27. The van der Waals surface area contributed by atoms with Crippen molar-refractivity contribution in [2.24, 2.45) is 13.0 Å². The third-order valence-corrected chi connectivity index (χ3v) is 8.24. The molecular weight excluding hydrogens is 519 g/mol. The van der Waals surface area contributed by atoms with Crippen molar-refractivity contribution in [3.05, 3.63) is 71.7 Å². The van der Waals surface area contributed by atoms with Gasteiger partial charge in [0.05, 0.1) is 35.7 Å². The topological polar surface area (TPSA) is 78.1 Å². The zero-order chi connectivity index (χ0) is 27.9. The Morgan fingerprint density at radius 2 is 2.02 bits per heavy atom. The fraction of sp³-hybridized carbons (Fsp3) is 0.375. The number of aromatic nitrogens is 5. The first-order valence-electron chi connectivity index (χ1n) is 14.5. The molecule has 1 aromatic carbocycles. The third-order valence-electron chi connectivity index (χ3n) is 8.24. The second-order valence-corrected chi connectivity index (χ2v) is 11.1. The summed E-state index contributed by atoms with van der Waals surface area (Å²) < 4.78 is 23.5. The minimum atomic E-state index is -0.427. The van der Waals surface area contributed by atoms with Crippen LogP contribution in [0.1, 0.15) is 40.9 Å². The molecule has 0 bridgehead atoms. The second-order valence-electron chi connectivity index (χ2n) is 11.1.